The number of aliphatic imine (C=N–C) groups is 1. The van der Waals surface area contributed by atoms with Gasteiger partial charge in [-0.15, -0.1) is 0 Å². The van der Waals surface area contributed by atoms with E-state index in [1.165, 1.54) is 0 Å². The Morgan fingerprint density at radius 3 is 2.82 bits per heavy atom. The van der Waals surface area contributed by atoms with Gasteiger partial charge in [-0.25, -0.2) is 0 Å². The molecule has 6 heteroatoms. The summed E-state index contributed by atoms with van der Waals surface area (Å²) in [5.74, 6) is -1.78. The summed E-state index contributed by atoms with van der Waals surface area (Å²) in [7, 11) is 0. The van der Waals surface area contributed by atoms with Crippen LogP contribution in [0, 0.1) is 0 Å². The maximum Gasteiger partial charge on any atom is 0.471 e. The van der Waals surface area contributed by atoms with Crippen molar-refractivity contribution in [1.82, 2.24) is 4.90 Å². The van der Waals surface area contributed by atoms with Gasteiger partial charge in [-0.3, -0.25) is 9.79 Å². The number of hydrogen-bond donors (Lipinski definition) is 0. The second kappa shape index (κ2) is 4.00. The van der Waals surface area contributed by atoms with Gasteiger partial charge in [0.15, 0.2) is 0 Å². The third-order valence-corrected chi connectivity index (χ3v) is 4.97. The van der Waals surface area contributed by atoms with Crippen molar-refractivity contribution in [2.45, 2.75) is 30.5 Å². The van der Waals surface area contributed by atoms with Crippen LogP contribution < -0.4 is 0 Å². The van der Waals surface area contributed by atoms with Gasteiger partial charge in [-0.1, -0.05) is 30.4 Å². The van der Waals surface area contributed by atoms with Crippen molar-refractivity contribution in [3.8, 4) is 0 Å². The van der Waals surface area contributed by atoms with Crippen LogP contribution in [0.15, 0.2) is 41.4 Å². The quantitative estimate of drug-likeness (QED) is 0.678. The van der Waals surface area contributed by atoms with Crippen molar-refractivity contribution in [3.63, 3.8) is 0 Å². The number of amides is 1. The Kier molecular flexibility index (Phi) is 2.46. The molecule has 4 rings (SSSR count). The fraction of sp³-hybridized carbons (Fsp3) is 0.375. The summed E-state index contributed by atoms with van der Waals surface area (Å²) in [4.78, 5) is 17.3. The molecule has 0 radical (unpaired) electrons. The maximum absolute atomic E-state index is 12.9. The lowest BCUT2D eigenvalue weighted by atomic mass is 9.68. The van der Waals surface area contributed by atoms with Crippen molar-refractivity contribution in [1.29, 1.82) is 0 Å². The largest absolute Gasteiger partial charge is 0.471 e. The van der Waals surface area contributed by atoms with Gasteiger partial charge in [0.1, 0.15) is 0 Å². The molecule has 1 aliphatic carbocycles. The van der Waals surface area contributed by atoms with E-state index < -0.39 is 23.5 Å². The molecule has 2 atom stereocenters. The van der Waals surface area contributed by atoms with Gasteiger partial charge in [0.05, 0.1) is 22.9 Å². The SMILES string of the molecule is C=C1CCC2C3=Nc4ccccc4C13CN2C(=O)C(F)(F)F. The van der Waals surface area contributed by atoms with Gasteiger partial charge < -0.3 is 4.90 Å². The van der Waals surface area contributed by atoms with Crippen molar-refractivity contribution < 1.29 is 18.0 Å². The number of benzene rings is 1. The van der Waals surface area contributed by atoms with Crippen molar-refractivity contribution in [2.24, 2.45) is 4.99 Å². The van der Waals surface area contributed by atoms with E-state index in [1.54, 1.807) is 0 Å². The van der Waals surface area contributed by atoms with Crippen LogP contribution in [-0.4, -0.2) is 35.3 Å². The van der Waals surface area contributed by atoms with Crippen molar-refractivity contribution in [2.75, 3.05) is 6.54 Å². The van der Waals surface area contributed by atoms with E-state index >= 15 is 0 Å². The van der Waals surface area contributed by atoms with Gasteiger partial charge in [-0.05, 0) is 24.5 Å². The number of para-hydroxylation sites is 1. The summed E-state index contributed by atoms with van der Waals surface area (Å²) in [6.07, 6.45) is -3.79. The van der Waals surface area contributed by atoms with E-state index in [1.807, 2.05) is 24.3 Å². The van der Waals surface area contributed by atoms with Gasteiger partial charge in [0.25, 0.3) is 0 Å². The Balaban J connectivity index is 1.86. The van der Waals surface area contributed by atoms with Gasteiger partial charge in [-0.2, -0.15) is 13.2 Å². The molecule has 2 aliphatic heterocycles. The molecule has 3 nitrogen and oxygen atoms in total. The second-order valence-corrected chi connectivity index (χ2v) is 6.01. The molecule has 2 heterocycles. The molecule has 1 aromatic rings. The number of halogens is 3. The third-order valence-electron chi connectivity index (χ3n) is 4.97. The fourth-order valence-electron chi connectivity index (χ4n) is 4.01. The molecular formula is C16H13F3N2O. The van der Waals surface area contributed by atoms with Crippen LogP contribution in [-0.2, 0) is 10.2 Å². The smallest absolute Gasteiger partial charge is 0.325 e. The van der Waals surface area contributed by atoms with Crippen LogP contribution in [0.1, 0.15) is 18.4 Å². The van der Waals surface area contributed by atoms with Crippen LogP contribution in [0.2, 0.25) is 0 Å². The van der Waals surface area contributed by atoms with Crippen LogP contribution in [0.5, 0.6) is 0 Å². The Morgan fingerprint density at radius 2 is 2.09 bits per heavy atom. The normalized spacial score (nSPS) is 29.2. The molecule has 0 spiro atoms. The Morgan fingerprint density at radius 1 is 1.36 bits per heavy atom. The van der Waals surface area contributed by atoms with E-state index in [9.17, 15) is 18.0 Å². The summed E-state index contributed by atoms with van der Waals surface area (Å²) in [6.45, 7) is 4.07. The number of rotatable bonds is 0. The first kappa shape index (κ1) is 13.5. The average Bonchev–Trinajstić information content (AvgIpc) is 2.90. The molecule has 2 fully saturated rings. The number of nitrogens with zero attached hydrogens (tertiary/aromatic N) is 2. The Hall–Kier alpha value is -2.11. The van der Waals surface area contributed by atoms with Gasteiger partial charge in [0, 0.05) is 6.54 Å². The number of fused-ring (bicyclic) bond motifs is 1. The summed E-state index contributed by atoms with van der Waals surface area (Å²) in [5.41, 5.74) is 2.44. The standard InChI is InChI=1S/C16H13F3N2O/c1-9-6-7-12-13-15(9,8-21(12)14(22)16(17,18)19)10-4-2-3-5-11(10)20-13/h2-5,12H,1,6-8H2. The molecule has 1 amide bonds. The summed E-state index contributed by atoms with van der Waals surface area (Å²) in [6, 6.07) is 6.85. The van der Waals surface area contributed by atoms with Crippen LogP contribution in [0.3, 0.4) is 0 Å². The predicted molar refractivity (Wildman–Crippen MR) is 75.1 cm³/mol. The minimum absolute atomic E-state index is 0.00924. The van der Waals surface area contributed by atoms with Crippen LogP contribution in [0.25, 0.3) is 0 Å². The lowest BCUT2D eigenvalue weighted by Gasteiger charge is -2.32. The first-order valence-corrected chi connectivity index (χ1v) is 7.10. The zero-order chi connectivity index (χ0) is 15.7. The minimum atomic E-state index is -4.86. The van der Waals surface area contributed by atoms with Crippen LogP contribution >= 0.6 is 0 Å². The predicted octanol–water partition coefficient (Wildman–Crippen LogP) is 3.13. The first-order chi connectivity index (χ1) is 10.4. The Bertz CT molecular complexity index is 737. The lowest BCUT2D eigenvalue weighted by Crippen LogP contribution is -2.45. The zero-order valence-corrected chi connectivity index (χ0v) is 11.7. The number of alkyl halides is 3. The van der Waals surface area contributed by atoms with Crippen molar-refractivity contribution >= 4 is 17.3 Å². The molecule has 0 aromatic heterocycles. The molecule has 2 unspecified atom stereocenters. The highest BCUT2D eigenvalue weighted by molar-refractivity contribution is 6.12. The van der Waals surface area contributed by atoms with E-state index in [2.05, 4.69) is 11.6 Å². The number of hydrogen-bond acceptors (Lipinski definition) is 2. The zero-order valence-electron chi connectivity index (χ0n) is 11.7. The molecule has 1 saturated heterocycles. The number of carbonyl (C=O) groups excluding carboxylic acids is 1. The fourth-order valence-corrected chi connectivity index (χ4v) is 4.01. The molecule has 22 heavy (non-hydrogen) atoms. The molecule has 2 bridgehead atoms. The topological polar surface area (TPSA) is 32.7 Å². The second-order valence-electron chi connectivity index (χ2n) is 6.01. The molecule has 1 saturated carbocycles. The highest BCUT2D eigenvalue weighted by Crippen LogP contribution is 2.55. The van der Waals surface area contributed by atoms with E-state index in [0.717, 1.165) is 21.7 Å². The van der Waals surface area contributed by atoms with Gasteiger partial charge in [0.2, 0.25) is 0 Å². The highest BCUT2D eigenvalue weighted by atomic mass is 19.4. The number of carbonyl (C=O) groups is 1. The van der Waals surface area contributed by atoms with E-state index in [0.29, 0.717) is 18.6 Å². The van der Waals surface area contributed by atoms with E-state index in [4.69, 9.17) is 0 Å². The minimum Gasteiger partial charge on any atom is -0.325 e. The van der Waals surface area contributed by atoms with Crippen LogP contribution in [0.4, 0.5) is 18.9 Å². The molecule has 0 N–H and O–H groups in total. The third kappa shape index (κ3) is 1.47. The Labute approximate surface area is 125 Å². The van der Waals surface area contributed by atoms with E-state index in [-0.39, 0.29) is 6.54 Å². The first-order valence-electron chi connectivity index (χ1n) is 7.10. The summed E-state index contributed by atoms with van der Waals surface area (Å²) >= 11 is 0. The summed E-state index contributed by atoms with van der Waals surface area (Å²) < 4.78 is 38.6. The molecule has 3 aliphatic rings. The lowest BCUT2D eigenvalue weighted by molar-refractivity contribution is -0.185. The maximum atomic E-state index is 12.9. The van der Waals surface area contributed by atoms with Crippen molar-refractivity contribution in [3.05, 3.63) is 42.0 Å². The van der Waals surface area contributed by atoms with Gasteiger partial charge >= 0.3 is 12.1 Å². The molecule has 114 valence electrons. The highest BCUT2D eigenvalue weighted by Gasteiger charge is 2.62. The molecular weight excluding hydrogens is 293 g/mol. The summed E-state index contributed by atoms with van der Waals surface area (Å²) in [5, 5.41) is 0. The molecule has 1 aromatic carbocycles. The average molecular weight is 306 g/mol. The monoisotopic (exact) mass is 306 g/mol. The number of likely N-dealkylation sites (tertiary alicyclic amines) is 1.